The lowest BCUT2D eigenvalue weighted by molar-refractivity contribution is -0.120. The average molecular weight is 413 g/mol. The number of aromatic nitrogens is 2. The summed E-state index contributed by atoms with van der Waals surface area (Å²) in [5.74, 6) is 5.70. The number of nitrogens with two attached hydrogens (primary N) is 1. The number of thioether (sulfide) groups is 1. The van der Waals surface area contributed by atoms with Crippen LogP contribution in [-0.4, -0.2) is 27.8 Å². The third kappa shape index (κ3) is 4.13. The van der Waals surface area contributed by atoms with Gasteiger partial charge in [0.1, 0.15) is 5.75 Å². The molecule has 0 aliphatic rings. The topological polar surface area (TPSA) is 99.2 Å². The molecule has 1 atom stereocenters. The Hall–Kier alpha value is -2.84. The number of carbonyl (C=O) groups excluding carboxylic acids is 1. The Bertz CT molecular complexity index is 1080. The van der Waals surface area contributed by atoms with Gasteiger partial charge >= 0.3 is 0 Å². The fourth-order valence-corrected chi connectivity index (χ4v) is 4.19. The van der Waals surface area contributed by atoms with E-state index in [4.69, 9.17) is 15.6 Å². The highest BCUT2D eigenvalue weighted by Crippen LogP contribution is 2.28. The van der Waals surface area contributed by atoms with Crippen molar-refractivity contribution in [2.75, 3.05) is 7.11 Å². The van der Waals surface area contributed by atoms with Gasteiger partial charge in [0.2, 0.25) is 5.91 Å². The van der Waals surface area contributed by atoms with E-state index in [0.29, 0.717) is 33.9 Å². The van der Waals surface area contributed by atoms with Crippen molar-refractivity contribution in [3.05, 3.63) is 58.4 Å². The van der Waals surface area contributed by atoms with Gasteiger partial charge in [-0.15, -0.1) is 0 Å². The number of fused-ring (bicyclic) bond motifs is 1. The summed E-state index contributed by atoms with van der Waals surface area (Å²) >= 11 is 1.22. The molecule has 0 spiro atoms. The molecular formula is C21H24N4O3S. The first-order valence-electron chi connectivity index (χ1n) is 9.40. The molecule has 29 heavy (non-hydrogen) atoms. The number of methoxy groups -OCH3 is 1. The molecule has 0 aliphatic carbocycles. The van der Waals surface area contributed by atoms with Crippen LogP contribution in [-0.2, 0) is 11.2 Å². The van der Waals surface area contributed by atoms with Gasteiger partial charge < -0.3 is 4.74 Å². The molecule has 0 fully saturated rings. The van der Waals surface area contributed by atoms with Gasteiger partial charge in [-0.3, -0.25) is 19.6 Å². The first-order valence-corrected chi connectivity index (χ1v) is 10.3. The highest BCUT2D eigenvalue weighted by molar-refractivity contribution is 8.00. The number of aryl methyl sites for hydroxylation is 1. The summed E-state index contributed by atoms with van der Waals surface area (Å²) in [6, 6.07) is 12.8. The number of rotatable bonds is 7. The summed E-state index contributed by atoms with van der Waals surface area (Å²) in [6.45, 7) is 3.90. The lowest BCUT2D eigenvalue weighted by Gasteiger charge is -2.18. The normalized spacial score (nSPS) is 12.0. The van der Waals surface area contributed by atoms with Crippen molar-refractivity contribution < 1.29 is 9.53 Å². The van der Waals surface area contributed by atoms with Crippen molar-refractivity contribution in [1.29, 1.82) is 0 Å². The van der Waals surface area contributed by atoms with E-state index in [1.54, 1.807) is 35.9 Å². The van der Waals surface area contributed by atoms with Crippen molar-refractivity contribution in [2.45, 2.75) is 37.1 Å². The second kappa shape index (κ2) is 9.11. The second-order valence-corrected chi connectivity index (χ2v) is 7.59. The first kappa shape index (κ1) is 20.9. The molecule has 0 saturated carbocycles. The largest absolute Gasteiger partial charge is 0.497 e. The van der Waals surface area contributed by atoms with Crippen LogP contribution in [0.3, 0.4) is 0 Å². The smallest absolute Gasteiger partial charge is 0.266 e. The van der Waals surface area contributed by atoms with Crippen LogP contribution < -0.4 is 21.6 Å². The van der Waals surface area contributed by atoms with Crippen LogP contribution in [0.4, 0.5) is 0 Å². The van der Waals surface area contributed by atoms with Gasteiger partial charge in [0.25, 0.3) is 5.56 Å². The highest BCUT2D eigenvalue weighted by Gasteiger charge is 2.22. The predicted molar refractivity (Wildman–Crippen MR) is 116 cm³/mol. The Morgan fingerprint density at radius 2 is 1.97 bits per heavy atom. The van der Waals surface area contributed by atoms with Crippen LogP contribution in [0.1, 0.15) is 25.8 Å². The maximum Gasteiger partial charge on any atom is 0.266 e. The van der Waals surface area contributed by atoms with Gasteiger partial charge in [0.05, 0.1) is 29.0 Å². The number of amides is 1. The van der Waals surface area contributed by atoms with E-state index in [0.717, 1.165) is 12.0 Å². The molecule has 2 aromatic carbocycles. The van der Waals surface area contributed by atoms with Crippen molar-refractivity contribution in [3.8, 4) is 11.4 Å². The van der Waals surface area contributed by atoms with E-state index in [2.05, 4.69) is 5.43 Å². The third-order valence-corrected chi connectivity index (χ3v) is 6.03. The number of hydrogen-bond donors (Lipinski definition) is 2. The molecule has 152 valence electrons. The van der Waals surface area contributed by atoms with Crippen molar-refractivity contribution in [2.24, 2.45) is 5.84 Å². The lowest BCUT2D eigenvalue weighted by atomic mass is 10.1. The van der Waals surface area contributed by atoms with Crippen LogP contribution in [0.25, 0.3) is 16.6 Å². The number of carbonyl (C=O) groups is 1. The van der Waals surface area contributed by atoms with E-state index in [1.807, 2.05) is 32.0 Å². The molecule has 0 aliphatic heterocycles. The SMILES string of the molecule is CCc1cccc2nc(S[C@@H](CC)C(=O)NN)n(-c3ccc(OC)cc3)c(=O)c12. The minimum Gasteiger partial charge on any atom is -0.497 e. The van der Waals surface area contributed by atoms with E-state index >= 15 is 0 Å². The minimum atomic E-state index is -0.469. The summed E-state index contributed by atoms with van der Waals surface area (Å²) < 4.78 is 6.78. The summed E-state index contributed by atoms with van der Waals surface area (Å²) in [5, 5.41) is 0.561. The van der Waals surface area contributed by atoms with E-state index in [-0.39, 0.29) is 11.5 Å². The molecule has 0 unspecified atom stereocenters. The third-order valence-electron chi connectivity index (χ3n) is 4.72. The van der Waals surface area contributed by atoms with Gasteiger partial charge in [-0.1, -0.05) is 37.7 Å². The zero-order valence-corrected chi connectivity index (χ0v) is 17.5. The van der Waals surface area contributed by atoms with E-state index in [1.165, 1.54) is 11.8 Å². The molecular weight excluding hydrogens is 388 g/mol. The van der Waals surface area contributed by atoms with Crippen molar-refractivity contribution >= 4 is 28.6 Å². The fraction of sp³-hybridized carbons (Fsp3) is 0.286. The molecule has 7 nitrogen and oxygen atoms in total. The first-order chi connectivity index (χ1) is 14.0. The number of hydrazine groups is 1. The molecule has 3 rings (SSSR count). The number of benzene rings is 2. The maximum atomic E-state index is 13.5. The van der Waals surface area contributed by atoms with Crippen LogP contribution >= 0.6 is 11.8 Å². The average Bonchev–Trinajstić information content (AvgIpc) is 2.76. The van der Waals surface area contributed by atoms with Crippen LogP contribution in [0.2, 0.25) is 0 Å². The zero-order valence-electron chi connectivity index (χ0n) is 16.6. The van der Waals surface area contributed by atoms with Gasteiger partial charge in [0.15, 0.2) is 5.16 Å². The summed E-state index contributed by atoms with van der Waals surface area (Å²) in [6.07, 6.45) is 1.26. The standard InChI is InChI=1S/C21H24N4O3S/c1-4-13-7-6-8-16-18(13)20(27)25(14-9-11-15(28-3)12-10-14)21(23-16)29-17(5-2)19(26)24-22/h6-12,17H,4-5,22H2,1-3H3,(H,24,26)/t17-/m0/s1. The molecule has 0 radical (unpaired) electrons. The van der Waals surface area contributed by atoms with Gasteiger partial charge in [-0.25, -0.2) is 10.8 Å². The Kier molecular flexibility index (Phi) is 6.56. The zero-order chi connectivity index (χ0) is 21.0. The molecule has 1 aromatic heterocycles. The fourth-order valence-electron chi connectivity index (χ4n) is 3.15. The summed E-state index contributed by atoms with van der Waals surface area (Å²) in [4.78, 5) is 30.4. The number of nitrogens with one attached hydrogen (secondary N) is 1. The summed E-state index contributed by atoms with van der Waals surface area (Å²) in [7, 11) is 1.59. The Morgan fingerprint density at radius 3 is 2.55 bits per heavy atom. The van der Waals surface area contributed by atoms with Gasteiger partial charge in [-0.2, -0.15) is 0 Å². The highest BCUT2D eigenvalue weighted by atomic mass is 32.2. The van der Waals surface area contributed by atoms with Crippen molar-refractivity contribution in [1.82, 2.24) is 15.0 Å². The number of ether oxygens (including phenoxy) is 1. The Morgan fingerprint density at radius 1 is 1.24 bits per heavy atom. The van der Waals surface area contributed by atoms with Crippen LogP contribution in [0.15, 0.2) is 52.4 Å². The number of hydrogen-bond acceptors (Lipinski definition) is 6. The van der Waals surface area contributed by atoms with E-state index in [9.17, 15) is 9.59 Å². The van der Waals surface area contributed by atoms with E-state index < -0.39 is 5.25 Å². The lowest BCUT2D eigenvalue weighted by Crippen LogP contribution is -2.37. The summed E-state index contributed by atoms with van der Waals surface area (Å²) in [5.41, 5.74) is 4.23. The molecule has 1 heterocycles. The monoisotopic (exact) mass is 412 g/mol. The van der Waals surface area contributed by atoms with Gasteiger partial charge in [0, 0.05) is 0 Å². The quantitative estimate of drug-likeness (QED) is 0.204. The molecule has 3 aromatic rings. The number of nitrogens with zero attached hydrogens (tertiary/aromatic N) is 2. The molecule has 3 N–H and O–H groups in total. The van der Waals surface area contributed by atoms with Crippen molar-refractivity contribution in [3.63, 3.8) is 0 Å². The predicted octanol–water partition coefficient (Wildman–Crippen LogP) is 2.82. The van der Waals surface area contributed by atoms with Crippen LogP contribution in [0, 0.1) is 0 Å². The maximum absolute atomic E-state index is 13.5. The minimum absolute atomic E-state index is 0.164. The molecule has 1 amide bonds. The Balaban J connectivity index is 2.27. The van der Waals surface area contributed by atoms with Gasteiger partial charge in [-0.05, 0) is 48.7 Å². The Labute approximate surface area is 173 Å². The molecule has 0 bridgehead atoms. The molecule has 8 heteroatoms. The molecule has 0 saturated heterocycles. The second-order valence-electron chi connectivity index (χ2n) is 6.42. The van der Waals surface area contributed by atoms with Crippen LogP contribution in [0.5, 0.6) is 5.75 Å².